The van der Waals surface area contributed by atoms with E-state index in [-0.39, 0.29) is 11.8 Å². The Kier molecular flexibility index (Phi) is 8.95. The lowest BCUT2D eigenvalue weighted by Crippen LogP contribution is -2.42. The van der Waals surface area contributed by atoms with Crippen molar-refractivity contribution in [3.63, 3.8) is 0 Å². The van der Waals surface area contributed by atoms with Crippen molar-refractivity contribution in [2.24, 2.45) is 28.7 Å². The Balaban J connectivity index is 2.61. The first-order valence-electron chi connectivity index (χ1n) is 9.67. The van der Waals surface area contributed by atoms with Gasteiger partial charge >= 0.3 is 0 Å². The van der Waals surface area contributed by atoms with Crippen molar-refractivity contribution in [3.05, 3.63) is 11.1 Å². The number of Topliss-reactive ketones (excluding diaryl/α,β-unsaturated/α-hetero) is 1. The minimum absolute atomic E-state index is 0.115. The van der Waals surface area contributed by atoms with E-state index >= 15 is 0 Å². The van der Waals surface area contributed by atoms with Crippen LogP contribution in [0.3, 0.4) is 0 Å². The third kappa shape index (κ3) is 5.72. The molecular formula is C21H35N3O. The summed E-state index contributed by atoms with van der Waals surface area (Å²) < 4.78 is 0. The number of allylic oxidation sites excluding steroid dienone is 2. The van der Waals surface area contributed by atoms with E-state index in [2.05, 4.69) is 25.8 Å². The highest BCUT2D eigenvalue weighted by Gasteiger charge is 2.42. The van der Waals surface area contributed by atoms with Crippen molar-refractivity contribution in [3.8, 4) is 0 Å². The second-order valence-electron chi connectivity index (χ2n) is 7.48. The molecule has 4 heteroatoms. The zero-order valence-electron chi connectivity index (χ0n) is 16.6. The first-order chi connectivity index (χ1) is 11.9. The number of ketones is 1. The molecule has 0 aromatic carbocycles. The smallest absolute Gasteiger partial charge is 0.138 e. The molecule has 1 aliphatic carbocycles. The van der Waals surface area contributed by atoms with Gasteiger partial charge in [-0.2, -0.15) is 0 Å². The van der Waals surface area contributed by atoms with Crippen LogP contribution in [0.4, 0.5) is 0 Å². The second-order valence-corrected chi connectivity index (χ2v) is 7.48. The molecule has 1 saturated carbocycles. The molecule has 140 valence electrons. The number of carbonyl (C=O) groups is 1. The van der Waals surface area contributed by atoms with Crippen LogP contribution < -0.4 is 0 Å². The van der Waals surface area contributed by atoms with Crippen molar-refractivity contribution in [1.29, 1.82) is 10.8 Å². The van der Waals surface area contributed by atoms with Crippen LogP contribution in [0.25, 0.3) is 0 Å². The Morgan fingerprint density at radius 1 is 1.24 bits per heavy atom. The summed E-state index contributed by atoms with van der Waals surface area (Å²) in [6, 6.07) is 0. The van der Waals surface area contributed by atoms with Crippen LogP contribution in [0.2, 0.25) is 0 Å². The fourth-order valence-electron chi connectivity index (χ4n) is 3.74. The summed E-state index contributed by atoms with van der Waals surface area (Å²) in [5.74, 6) is 1.43. The topological polar surface area (TPSA) is 77.1 Å². The molecule has 0 spiro atoms. The summed E-state index contributed by atoms with van der Waals surface area (Å²) in [6.07, 6.45) is 7.24. The normalized spacial score (nSPS) is 22.5. The van der Waals surface area contributed by atoms with Crippen molar-refractivity contribution in [2.75, 3.05) is 6.54 Å². The molecule has 4 nitrogen and oxygen atoms in total. The molecule has 2 N–H and O–H groups in total. The second kappa shape index (κ2) is 10.4. The molecule has 25 heavy (non-hydrogen) atoms. The maximum absolute atomic E-state index is 12.6. The van der Waals surface area contributed by atoms with Crippen molar-refractivity contribution in [2.45, 2.75) is 66.7 Å². The molecule has 0 aromatic heterocycles. The van der Waals surface area contributed by atoms with Crippen molar-refractivity contribution in [1.82, 2.24) is 0 Å². The maximum Gasteiger partial charge on any atom is 0.138 e. The molecule has 0 radical (unpaired) electrons. The number of rotatable bonds is 11. The van der Waals surface area contributed by atoms with Gasteiger partial charge in [-0.3, -0.25) is 9.79 Å². The zero-order chi connectivity index (χ0) is 19.0. The summed E-state index contributed by atoms with van der Waals surface area (Å²) in [4.78, 5) is 16.9. The van der Waals surface area contributed by atoms with Gasteiger partial charge < -0.3 is 10.8 Å². The van der Waals surface area contributed by atoms with Gasteiger partial charge in [-0.25, -0.2) is 0 Å². The highest BCUT2D eigenvalue weighted by Crippen LogP contribution is 2.44. The number of hydrogen-bond donors (Lipinski definition) is 2. The van der Waals surface area contributed by atoms with Crippen LogP contribution in [-0.2, 0) is 4.79 Å². The molecule has 1 fully saturated rings. The molecule has 0 aromatic rings. The minimum atomic E-state index is 0.115. The predicted molar refractivity (Wildman–Crippen MR) is 107 cm³/mol. The molecule has 3 atom stereocenters. The van der Waals surface area contributed by atoms with Gasteiger partial charge in [-0.1, -0.05) is 33.3 Å². The lowest BCUT2D eigenvalue weighted by Gasteiger charge is -2.43. The molecule has 0 amide bonds. The fraction of sp³-hybridized carbons (Fsp3) is 0.714. The lowest BCUT2D eigenvalue weighted by molar-refractivity contribution is -0.129. The number of aliphatic imine (C=N–C) groups is 1. The Labute approximate surface area is 153 Å². The van der Waals surface area contributed by atoms with E-state index in [0.717, 1.165) is 42.5 Å². The summed E-state index contributed by atoms with van der Waals surface area (Å²) in [7, 11) is 0. The molecular weight excluding hydrogens is 310 g/mol. The van der Waals surface area contributed by atoms with Gasteiger partial charge in [-0.05, 0) is 44.4 Å². The van der Waals surface area contributed by atoms with E-state index in [1.165, 1.54) is 6.21 Å². The van der Waals surface area contributed by atoms with Crippen molar-refractivity contribution < 1.29 is 4.79 Å². The van der Waals surface area contributed by atoms with E-state index in [0.29, 0.717) is 30.6 Å². The van der Waals surface area contributed by atoms with Crippen LogP contribution in [0, 0.1) is 34.5 Å². The monoisotopic (exact) mass is 345 g/mol. The SMILES string of the molecule is CCC(=N)C(C(C)C)C1CCC1C(=O)CCN=C/C(C=N)=C(\C)CC. The summed E-state index contributed by atoms with van der Waals surface area (Å²) in [5.41, 5.74) is 2.78. The number of carbonyl (C=O) groups excluding carboxylic acids is 1. The quantitative estimate of drug-likeness (QED) is 0.501. The number of nitrogens with one attached hydrogen (secondary N) is 2. The van der Waals surface area contributed by atoms with E-state index in [4.69, 9.17) is 10.8 Å². The first kappa shape index (κ1) is 21.5. The molecule has 0 aliphatic heterocycles. The average molecular weight is 346 g/mol. The molecule has 3 unspecified atom stereocenters. The fourth-order valence-corrected chi connectivity index (χ4v) is 3.74. The standard InChI is InChI=1S/C21H35N3O/c1-6-15(5)16(12-22)13-24-11-10-20(25)17-8-9-18(17)21(14(3)4)19(23)7-2/h12-14,17-18,21-23H,6-11H2,1-5H3/b16-15+,22-12?,23-19?,24-13?. The molecule has 1 rings (SSSR count). The first-order valence-corrected chi connectivity index (χ1v) is 9.67. The largest absolute Gasteiger partial charge is 0.309 e. The molecule has 0 bridgehead atoms. The van der Waals surface area contributed by atoms with Gasteiger partial charge in [0.05, 0.1) is 0 Å². The average Bonchev–Trinajstić information content (AvgIpc) is 2.56. The van der Waals surface area contributed by atoms with Gasteiger partial charge in [0.15, 0.2) is 0 Å². The van der Waals surface area contributed by atoms with E-state index < -0.39 is 0 Å². The van der Waals surface area contributed by atoms with Gasteiger partial charge in [0, 0.05) is 48.5 Å². The summed E-state index contributed by atoms with van der Waals surface area (Å²) in [5, 5.41) is 15.7. The van der Waals surface area contributed by atoms with Gasteiger partial charge in [0.1, 0.15) is 5.78 Å². The van der Waals surface area contributed by atoms with E-state index in [9.17, 15) is 4.79 Å². The summed E-state index contributed by atoms with van der Waals surface area (Å²) in [6.45, 7) is 10.9. The lowest BCUT2D eigenvalue weighted by atomic mass is 9.61. The third-order valence-electron chi connectivity index (χ3n) is 5.60. The third-order valence-corrected chi connectivity index (χ3v) is 5.60. The summed E-state index contributed by atoms with van der Waals surface area (Å²) >= 11 is 0. The van der Waals surface area contributed by atoms with E-state index in [1.807, 2.05) is 13.8 Å². The van der Waals surface area contributed by atoms with Crippen LogP contribution in [0.1, 0.15) is 66.7 Å². The number of hydrogen-bond acceptors (Lipinski definition) is 4. The zero-order valence-corrected chi connectivity index (χ0v) is 16.6. The van der Waals surface area contributed by atoms with Crippen LogP contribution >= 0.6 is 0 Å². The Morgan fingerprint density at radius 3 is 2.36 bits per heavy atom. The molecule has 0 saturated heterocycles. The maximum atomic E-state index is 12.6. The Bertz CT molecular complexity index is 545. The van der Waals surface area contributed by atoms with Crippen LogP contribution in [0.5, 0.6) is 0 Å². The van der Waals surface area contributed by atoms with Gasteiger partial charge in [-0.15, -0.1) is 0 Å². The highest BCUT2D eigenvalue weighted by molar-refractivity contribution is 6.03. The predicted octanol–water partition coefficient (Wildman–Crippen LogP) is 5.12. The van der Waals surface area contributed by atoms with E-state index in [1.54, 1.807) is 6.21 Å². The van der Waals surface area contributed by atoms with Gasteiger partial charge in [0.2, 0.25) is 0 Å². The minimum Gasteiger partial charge on any atom is -0.309 e. The van der Waals surface area contributed by atoms with Crippen LogP contribution in [-0.4, -0.2) is 30.5 Å². The Hall–Kier alpha value is -1.58. The van der Waals surface area contributed by atoms with Gasteiger partial charge in [0.25, 0.3) is 0 Å². The Morgan fingerprint density at radius 2 is 1.92 bits per heavy atom. The highest BCUT2D eigenvalue weighted by atomic mass is 16.1. The number of nitrogens with zero attached hydrogens (tertiary/aromatic N) is 1. The molecule has 0 heterocycles. The van der Waals surface area contributed by atoms with Crippen molar-refractivity contribution >= 4 is 23.9 Å². The van der Waals surface area contributed by atoms with Crippen LogP contribution in [0.15, 0.2) is 16.1 Å². The molecule has 1 aliphatic rings.